The van der Waals surface area contributed by atoms with Gasteiger partial charge >= 0.3 is 6.09 Å². The number of carbonyl (C=O) groups is 1. The molecule has 0 spiro atoms. The molecule has 1 aromatic heterocycles. The summed E-state index contributed by atoms with van der Waals surface area (Å²) in [5.41, 5.74) is 0.988. The molecule has 0 aliphatic carbocycles. The van der Waals surface area contributed by atoms with Crippen molar-refractivity contribution < 1.29 is 9.53 Å². The zero-order valence-corrected chi connectivity index (χ0v) is 15.2. The van der Waals surface area contributed by atoms with Gasteiger partial charge in [0, 0.05) is 24.5 Å². The number of hydrogen-bond donors (Lipinski definition) is 1. The van der Waals surface area contributed by atoms with Gasteiger partial charge in [0.25, 0.3) is 0 Å². The lowest BCUT2D eigenvalue weighted by molar-refractivity contribution is 0.134. The first-order valence-electron chi connectivity index (χ1n) is 8.86. The average Bonchev–Trinajstić information content (AvgIpc) is 3.12. The molecule has 134 valence electrons. The fourth-order valence-corrected chi connectivity index (χ4v) is 4.12. The van der Waals surface area contributed by atoms with Crippen molar-refractivity contribution in [1.82, 2.24) is 9.69 Å². The molecule has 0 radical (unpaired) electrons. The minimum atomic E-state index is -0.358. The average molecular weight is 367 g/mol. The molecule has 2 heterocycles. The van der Waals surface area contributed by atoms with E-state index in [-0.39, 0.29) is 12.1 Å². The predicted octanol–water partition coefficient (Wildman–Crippen LogP) is 4.19. The molecule has 1 saturated heterocycles. The summed E-state index contributed by atoms with van der Waals surface area (Å²) in [7, 11) is 0. The third-order valence-corrected chi connectivity index (χ3v) is 5.43. The molecule has 0 bridgehead atoms. The summed E-state index contributed by atoms with van der Waals surface area (Å²) in [4.78, 5) is 14.4. The number of aromatic nitrogens is 1. The Bertz CT molecular complexity index is 881. The maximum absolute atomic E-state index is 12.1. The standard InChI is InChI=1S/C20H21N3O2S/c24-20(25-14-15-7-2-1-3-8-15)21-16-9-6-12-23(13-16)19-17-10-4-5-11-18(17)26-22-19/h1-5,7-8,10-11,16H,6,9,12-14H2,(H,21,24)/t16-/m0/s1. The second-order valence-electron chi connectivity index (χ2n) is 6.49. The molecular weight excluding hydrogens is 346 g/mol. The Hall–Kier alpha value is -2.60. The molecule has 0 unspecified atom stereocenters. The number of nitrogens with zero attached hydrogens (tertiary/aromatic N) is 2. The molecule has 4 rings (SSSR count). The van der Waals surface area contributed by atoms with E-state index in [2.05, 4.69) is 26.7 Å². The zero-order chi connectivity index (χ0) is 17.8. The van der Waals surface area contributed by atoms with Crippen LogP contribution in [0.1, 0.15) is 18.4 Å². The summed E-state index contributed by atoms with van der Waals surface area (Å²) >= 11 is 1.52. The van der Waals surface area contributed by atoms with Crippen LogP contribution in [-0.4, -0.2) is 29.6 Å². The number of fused-ring (bicyclic) bond motifs is 1. The SMILES string of the molecule is O=C(N[C@H]1CCCN(c2nsc3ccccc23)C1)OCc1ccccc1. The minimum Gasteiger partial charge on any atom is -0.445 e. The Kier molecular flexibility index (Phi) is 5.02. The van der Waals surface area contributed by atoms with Gasteiger partial charge in [-0.15, -0.1) is 0 Å². The number of rotatable bonds is 4. The Morgan fingerprint density at radius 3 is 2.88 bits per heavy atom. The summed E-state index contributed by atoms with van der Waals surface area (Å²) in [6.45, 7) is 2.01. The normalized spacial score (nSPS) is 17.2. The van der Waals surface area contributed by atoms with E-state index in [9.17, 15) is 4.79 Å². The van der Waals surface area contributed by atoms with Gasteiger partial charge in [-0.3, -0.25) is 0 Å². The van der Waals surface area contributed by atoms with Crippen molar-refractivity contribution in [2.75, 3.05) is 18.0 Å². The lowest BCUT2D eigenvalue weighted by Gasteiger charge is -2.33. The highest BCUT2D eigenvalue weighted by molar-refractivity contribution is 7.13. The molecule has 5 nitrogen and oxygen atoms in total. The van der Waals surface area contributed by atoms with Gasteiger partial charge in [-0.1, -0.05) is 42.5 Å². The smallest absolute Gasteiger partial charge is 0.407 e. The van der Waals surface area contributed by atoms with Crippen molar-refractivity contribution in [1.29, 1.82) is 0 Å². The van der Waals surface area contributed by atoms with Crippen LogP contribution in [-0.2, 0) is 11.3 Å². The fourth-order valence-electron chi connectivity index (χ4n) is 3.32. The van der Waals surface area contributed by atoms with Crippen molar-refractivity contribution in [3.63, 3.8) is 0 Å². The highest BCUT2D eigenvalue weighted by atomic mass is 32.1. The van der Waals surface area contributed by atoms with Crippen LogP contribution in [0.25, 0.3) is 10.1 Å². The summed E-state index contributed by atoms with van der Waals surface area (Å²) in [5, 5.41) is 4.19. The topological polar surface area (TPSA) is 54.5 Å². The van der Waals surface area contributed by atoms with Gasteiger partial charge in [-0.25, -0.2) is 4.79 Å². The Morgan fingerprint density at radius 2 is 2.00 bits per heavy atom. The fraction of sp³-hybridized carbons (Fsp3) is 0.300. The molecule has 1 amide bonds. The highest BCUT2D eigenvalue weighted by Crippen LogP contribution is 2.30. The van der Waals surface area contributed by atoms with E-state index in [0.29, 0.717) is 6.61 Å². The number of hydrogen-bond acceptors (Lipinski definition) is 5. The number of alkyl carbamates (subject to hydrolysis) is 1. The predicted molar refractivity (Wildman–Crippen MR) is 105 cm³/mol. The lowest BCUT2D eigenvalue weighted by Crippen LogP contribution is -2.48. The van der Waals surface area contributed by atoms with E-state index in [1.54, 1.807) is 0 Å². The van der Waals surface area contributed by atoms with Gasteiger partial charge in [-0.2, -0.15) is 4.37 Å². The van der Waals surface area contributed by atoms with E-state index in [1.165, 1.54) is 21.6 Å². The number of piperidine rings is 1. The molecule has 1 N–H and O–H groups in total. The van der Waals surface area contributed by atoms with Gasteiger partial charge in [-0.05, 0) is 42.1 Å². The van der Waals surface area contributed by atoms with Crippen molar-refractivity contribution >= 4 is 33.5 Å². The molecular formula is C20H21N3O2S. The first-order valence-corrected chi connectivity index (χ1v) is 9.63. The monoisotopic (exact) mass is 367 g/mol. The number of anilines is 1. The van der Waals surface area contributed by atoms with E-state index < -0.39 is 0 Å². The summed E-state index contributed by atoms with van der Waals surface area (Å²) in [6.07, 6.45) is 1.62. The maximum atomic E-state index is 12.1. The second kappa shape index (κ2) is 7.74. The van der Waals surface area contributed by atoms with Crippen LogP contribution in [0.4, 0.5) is 10.6 Å². The third kappa shape index (κ3) is 3.80. The van der Waals surface area contributed by atoms with Crippen LogP contribution < -0.4 is 10.2 Å². The van der Waals surface area contributed by atoms with Crippen LogP contribution in [0.15, 0.2) is 54.6 Å². The molecule has 1 aliphatic heterocycles. The first kappa shape index (κ1) is 16.8. The lowest BCUT2D eigenvalue weighted by atomic mass is 10.1. The van der Waals surface area contributed by atoms with E-state index in [1.807, 2.05) is 42.5 Å². The van der Waals surface area contributed by atoms with Crippen LogP contribution >= 0.6 is 11.5 Å². The van der Waals surface area contributed by atoms with Gasteiger partial charge in [0.15, 0.2) is 0 Å². The number of carbonyl (C=O) groups excluding carboxylic acids is 1. The van der Waals surface area contributed by atoms with Crippen LogP contribution in [0.5, 0.6) is 0 Å². The van der Waals surface area contributed by atoms with Crippen LogP contribution in [0.2, 0.25) is 0 Å². The number of ether oxygens (including phenoxy) is 1. The largest absolute Gasteiger partial charge is 0.445 e. The van der Waals surface area contributed by atoms with Crippen LogP contribution in [0.3, 0.4) is 0 Å². The van der Waals surface area contributed by atoms with Crippen molar-refractivity contribution in [3.05, 3.63) is 60.2 Å². The first-order chi connectivity index (χ1) is 12.8. The highest BCUT2D eigenvalue weighted by Gasteiger charge is 2.24. The third-order valence-electron chi connectivity index (χ3n) is 4.61. The Labute approximate surface area is 156 Å². The van der Waals surface area contributed by atoms with E-state index >= 15 is 0 Å². The molecule has 6 heteroatoms. The van der Waals surface area contributed by atoms with E-state index in [0.717, 1.165) is 37.3 Å². The van der Waals surface area contributed by atoms with Crippen molar-refractivity contribution in [2.45, 2.75) is 25.5 Å². The molecule has 3 aromatic rings. The zero-order valence-electron chi connectivity index (χ0n) is 14.4. The molecule has 26 heavy (non-hydrogen) atoms. The summed E-state index contributed by atoms with van der Waals surface area (Å²) in [6, 6.07) is 18.1. The Balaban J connectivity index is 1.35. The quantitative estimate of drug-likeness (QED) is 0.751. The molecule has 2 aromatic carbocycles. The number of benzene rings is 2. The van der Waals surface area contributed by atoms with Gasteiger partial charge in [0.1, 0.15) is 12.4 Å². The maximum Gasteiger partial charge on any atom is 0.407 e. The Morgan fingerprint density at radius 1 is 1.19 bits per heavy atom. The summed E-state index contributed by atoms with van der Waals surface area (Å²) in [5.74, 6) is 1.02. The molecule has 1 fully saturated rings. The molecule has 1 aliphatic rings. The minimum absolute atomic E-state index is 0.0764. The van der Waals surface area contributed by atoms with E-state index in [4.69, 9.17) is 4.74 Å². The molecule has 0 saturated carbocycles. The van der Waals surface area contributed by atoms with Crippen molar-refractivity contribution in [2.24, 2.45) is 0 Å². The van der Waals surface area contributed by atoms with Crippen molar-refractivity contribution in [3.8, 4) is 0 Å². The van der Waals surface area contributed by atoms with Gasteiger partial charge in [0.2, 0.25) is 0 Å². The summed E-state index contributed by atoms with van der Waals surface area (Å²) < 4.78 is 11.2. The second-order valence-corrected chi connectivity index (χ2v) is 7.30. The molecule has 1 atom stereocenters. The number of nitrogens with one attached hydrogen (secondary N) is 1. The van der Waals surface area contributed by atoms with Gasteiger partial charge in [0.05, 0.1) is 4.70 Å². The number of amides is 1. The van der Waals surface area contributed by atoms with Crippen LogP contribution in [0, 0.1) is 0 Å². The van der Waals surface area contributed by atoms with Gasteiger partial charge < -0.3 is 15.0 Å².